The van der Waals surface area contributed by atoms with Crippen LogP contribution in [0.25, 0.3) is 5.76 Å². The van der Waals surface area contributed by atoms with Gasteiger partial charge >= 0.3 is 0 Å². The second-order valence-electron chi connectivity index (χ2n) is 15.9. The summed E-state index contributed by atoms with van der Waals surface area (Å²) < 4.78 is 13.1. The van der Waals surface area contributed by atoms with Gasteiger partial charge in [-0.15, -0.1) is 0 Å². The Morgan fingerprint density at radius 2 is 0.712 bits per heavy atom. The Morgan fingerprint density at radius 3 is 1.10 bits per heavy atom. The number of aryl methyl sites for hydroxylation is 3. The van der Waals surface area contributed by atoms with E-state index in [0.29, 0.717) is 11.5 Å². The van der Waals surface area contributed by atoms with Crippen molar-refractivity contribution in [3.63, 3.8) is 0 Å². The summed E-state index contributed by atoms with van der Waals surface area (Å²) in [6.07, 6.45) is 0. The minimum absolute atomic E-state index is 0.145. The van der Waals surface area contributed by atoms with Gasteiger partial charge in [-0.2, -0.15) is 0 Å². The van der Waals surface area contributed by atoms with Gasteiger partial charge < -0.3 is 9.47 Å². The van der Waals surface area contributed by atoms with Gasteiger partial charge in [0.1, 0.15) is 23.0 Å². The first kappa shape index (κ1) is 36.5. The molecule has 0 aliphatic rings. The lowest BCUT2D eigenvalue weighted by Crippen LogP contribution is -2.19. The van der Waals surface area contributed by atoms with Gasteiger partial charge in [0.25, 0.3) is 0 Å². The molecular weight excluding hydrogens is 633 g/mol. The highest BCUT2D eigenvalue weighted by Gasteiger charge is 2.27. The van der Waals surface area contributed by atoms with Crippen molar-refractivity contribution in [2.75, 3.05) is 0 Å². The van der Waals surface area contributed by atoms with Crippen molar-refractivity contribution >= 4 is 5.76 Å². The lowest BCUT2D eigenvalue weighted by molar-refractivity contribution is 0.468. The van der Waals surface area contributed by atoms with E-state index in [4.69, 9.17) is 9.47 Å². The molecule has 52 heavy (non-hydrogen) atoms. The van der Waals surface area contributed by atoms with Crippen molar-refractivity contribution in [2.24, 2.45) is 0 Å². The number of ether oxygens (including phenoxy) is 2. The predicted octanol–water partition coefficient (Wildman–Crippen LogP) is 13.4. The van der Waals surface area contributed by atoms with Crippen molar-refractivity contribution in [1.82, 2.24) is 0 Å². The highest BCUT2D eigenvalue weighted by atomic mass is 16.5. The molecule has 2 heteroatoms. The molecule has 0 N–H and O–H groups in total. The van der Waals surface area contributed by atoms with Crippen molar-refractivity contribution in [3.8, 4) is 17.2 Å². The minimum Gasteiger partial charge on any atom is -0.457 e. The molecule has 0 saturated carbocycles. The maximum absolute atomic E-state index is 6.63. The highest BCUT2D eigenvalue weighted by Crippen LogP contribution is 2.40. The van der Waals surface area contributed by atoms with Gasteiger partial charge in [-0.05, 0) is 90.6 Å². The van der Waals surface area contributed by atoms with Gasteiger partial charge in [-0.25, -0.2) is 0 Å². The van der Waals surface area contributed by atoms with Gasteiger partial charge in [-0.3, -0.25) is 0 Å². The Labute approximate surface area is 311 Å². The Hall–Kier alpha value is -5.34. The standard InChI is InChI=1S/C50H52O2/c1-34-11-17-38(18-12-34)48(5,6)41-23-28-44(29-24-41)51-37(4)46-33-43(50(9,10)40-21-15-36(3)16-22-40)27-32-47(46)52-45-30-25-42(26-31-45)49(7,8)39-19-13-35(2)14-20-39/h11-33H,4H2,1-3,5-10H3. The first-order chi connectivity index (χ1) is 24.6. The molecule has 0 saturated heterocycles. The fraction of sp³-hybridized carbons (Fsp3) is 0.240. The summed E-state index contributed by atoms with van der Waals surface area (Å²) >= 11 is 0. The maximum Gasteiger partial charge on any atom is 0.138 e. The molecule has 0 aliphatic carbocycles. The molecule has 2 nitrogen and oxygen atoms in total. The molecule has 0 atom stereocenters. The zero-order valence-electron chi connectivity index (χ0n) is 32.3. The van der Waals surface area contributed by atoms with Crippen LogP contribution in [0.2, 0.25) is 0 Å². The summed E-state index contributed by atoms with van der Waals surface area (Å²) in [6, 6.07) is 49.5. The normalized spacial score (nSPS) is 12.0. The zero-order valence-corrected chi connectivity index (χ0v) is 32.3. The second kappa shape index (κ2) is 14.4. The summed E-state index contributed by atoms with van der Waals surface area (Å²) in [5, 5.41) is 0. The molecule has 0 heterocycles. The van der Waals surface area contributed by atoms with E-state index in [1.807, 2.05) is 18.2 Å². The van der Waals surface area contributed by atoms with Crippen LogP contribution in [0.4, 0.5) is 0 Å². The van der Waals surface area contributed by atoms with Crippen LogP contribution >= 0.6 is 0 Å². The number of hydrogen-bond acceptors (Lipinski definition) is 2. The third kappa shape index (κ3) is 7.63. The fourth-order valence-electron chi connectivity index (χ4n) is 6.84. The quantitative estimate of drug-likeness (QED) is 0.126. The largest absolute Gasteiger partial charge is 0.457 e. The third-order valence-electron chi connectivity index (χ3n) is 10.9. The predicted molar refractivity (Wildman–Crippen MR) is 219 cm³/mol. The molecule has 0 fully saturated rings. The van der Waals surface area contributed by atoms with Crippen molar-refractivity contribution in [1.29, 1.82) is 0 Å². The summed E-state index contributed by atoms with van der Waals surface area (Å²) in [4.78, 5) is 0. The molecule has 6 rings (SSSR count). The third-order valence-corrected chi connectivity index (χ3v) is 10.9. The monoisotopic (exact) mass is 684 g/mol. The van der Waals surface area contributed by atoms with E-state index in [1.54, 1.807) is 0 Å². The van der Waals surface area contributed by atoms with Crippen LogP contribution in [0.3, 0.4) is 0 Å². The Bertz CT molecular complexity index is 2150. The lowest BCUT2D eigenvalue weighted by atomic mass is 9.77. The van der Waals surface area contributed by atoms with Crippen LogP contribution in [0, 0.1) is 20.8 Å². The molecule has 264 valence electrons. The van der Waals surface area contributed by atoms with Crippen LogP contribution in [0.15, 0.2) is 146 Å². The SMILES string of the molecule is C=C(Oc1ccc(C(C)(C)c2ccc(C)cc2)cc1)c1cc(C(C)(C)c2ccc(C)cc2)ccc1Oc1ccc(C(C)(C)c2ccc(C)cc2)cc1. The molecule has 0 radical (unpaired) electrons. The first-order valence-electron chi connectivity index (χ1n) is 18.3. The molecule has 0 bridgehead atoms. The van der Waals surface area contributed by atoms with E-state index < -0.39 is 0 Å². The topological polar surface area (TPSA) is 18.5 Å². The van der Waals surface area contributed by atoms with E-state index >= 15 is 0 Å². The van der Waals surface area contributed by atoms with Crippen LogP contribution in [-0.4, -0.2) is 0 Å². The van der Waals surface area contributed by atoms with Crippen molar-refractivity contribution in [2.45, 2.75) is 78.6 Å². The summed E-state index contributed by atoms with van der Waals surface area (Å²) in [6.45, 7) is 24.3. The Morgan fingerprint density at radius 1 is 0.404 bits per heavy atom. The van der Waals surface area contributed by atoms with E-state index in [1.165, 1.54) is 44.5 Å². The minimum atomic E-state index is -0.256. The summed E-state index contributed by atoms with van der Waals surface area (Å²) in [5.74, 6) is 2.70. The van der Waals surface area contributed by atoms with E-state index in [9.17, 15) is 0 Å². The summed E-state index contributed by atoms with van der Waals surface area (Å²) in [5.41, 5.74) is 11.4. The number of hydrogen-bond donors (Lipinski definition) is 0. The van der Waals surface area contributed by atoms with Crippen molar-refractivity contribution < 1.29 is 9.47 Å². The molecular formula is C50H52O2. The zero-order chi connectivity index (χ0) is 37.3. The van der Waals surface area contributed by atoms with Crippen LogP contribution < -0.4 is 9.47 Å². The van der Waals surface area contributed by atoms with E-state index in [2.05, 4.69) is 190 Å². The highest BCUT2D eigenvalue weighted by molar-refractivity contribution is 5.68. The smallest absolute Gasteiger partial charge is 0.138 e. The Balaban J connectivity index is 1.30. The van der Waals surface area contributed by atoms with Gasteiger partial charge in [0.2, 0.25) is 0 Å². The molecule has 0 aromatic heterocycles. The van der Waals surface area contributed by atoms with Gasteiger partial charge in [0.15, 0.2) is 0 Å². The lowest BCUT2D eigenvalue weighted by Gasteiger charge is -2.28. The average molecular weight is 685 g/mol. The molecule has 0 amide bonds. The van der Waals surface area contributed by atoms with Crippen LogP contribution in [-0.2, 0) is 16.2 Å². The Kier molecular flexibility index (Phi) is 10.1. The van der Waals surface area contributed by atoms with Crippen LogP contribution in [0.5, 0.6) is 17.2 Å². The van der Waals surface area contributed by atoms with Crippen molar-refractivity contribution in [3.05, 3.63) is 202 Å². The van der Waals surface area contributed by atoms with E-state index in [0.717, 1.165) is 22.6 Å². The van der Waals surface area contributed by atoms with Gasteiger partial charge in [-0.1, -0.05) is 168 Å². The summed E-state index contributed by atoms with van der Waals surface area (Å²) in [7, 11) is 0. The maximum atomic E-state index is 6.63. The molecule has 6 aromatic carbocycles. The fourth-order valence-corrected chi connectivity index (χ4v) is 6.84. The molecule has 0 spiro atoms. The second-order valence-corrected chi connectivity index (χ2v) is 15.9. The van der Waals surface area contributed by atoms with Gasteiger partial charge in [0.05, 0.1) is 5.56 Å². The molecule has 0 aliphatic heterocycles. The molecule has 6 aromatic rings. The molecule has 0 unspecified atom stereocenters. The average Bonchev–Trinajstić information content (AvgIpc) is 3.13. The van der Waals surface area contributed by atoms with Gasteiger partial charge in [0, 0.05) is 16.2 Å². The number of rotatable bonds is 11. The first-order valence-corrected chi connectivity index (χ1v) is 18.3. The van der Waals surface area contributed by atoms with Crippen LogP contribution in [0.1, 0.15) is 97.2 Å². The number of benzene rings is 6. The van der Waals surface area contributed by atoms with E-state index in [-0.39, 0.29) is 16.2 Å².